The second-order valence-corrected chi connectivity index (χ2v) is 5.49. The average Bonchev–Trinajstić information content (AvgIpc) is 2.35. The van der Waals surface area contributed by atoms with Gasteiger partial charge >= 0.3 is 0 Å². The summed E-state index contributed by atoms with van der Waals surface area (Å²) >= 11 is 8.10. The molecule has 2 aromatic rings. The van der Waals surface area contributed by atoms with Gasteiger partial charge in [-0.25, -0.2) is 0 Å². The first kappa shape index (κ1) is 13.4. The summed E-state index contributed by atoms with van der Waals surface area (Å²) in [4.78, 5) is 12.2. The number of carbonyl (C=O) groups is 1. The monoisotopic (exact) mass is 371 g/mol. The number of aryl methyl sites for hydroxylation is 1. The number of benzene rings is 2. The van der Waals surface area contributed by atoms with Crippen LogP contribution in [0.4, 0.5) is 5.69 Å². The predicted molar refractivity (Wildman–Crippen MR) is 83.3 cm³/mol. The van der Waals surface area contributed by atoms with Crippen LogP contribution >= 0.6 is 34.2 Å². The Labute approximate surface area is 124 Å². The lowest BCUT2D eigenvalue weighted by molar-refractivity contribution is 0.102. The van der Waals surface area contributed by atoms with Crippen molar-refractivity contribution in [2.45, 2.75) is 6.92 Å². The van der Waals surface area contributed by atoms with Crippen molar-refractivity contribution in [1.82, 2.24) is 0 Å². The molecule has 0 bridgehead atoms. The molecule has 2 aromatic carbocycles. The standard InChI is InChI=1S/C14H11ClINO/c1-9-6-7-10(15)8-11(9)14(18)17-13-5-3-2-4-12(13)16/h2-8H,1H3,(H,17,18). The van der Waals surface area contributed by atoms with E-state index < -0.39 is 0 Å². The molecular formula is C14H11ClINO. The van der Waals surface area contributed by atoms with Gasteiger partial charge in [0.2, 0.25) is 0 Å². The van der Waals surface area contributed by atoms with Crippen molar-refractivity contribution in [2.24, 2.45) is 0 Å². The zero-order valence-corrected chi connectivity index (χ0v) is 12.6. The third-order valence-electron chi connectivity index (χ3n) is 2.57. The summed E-state index contributed by atoms with van der Waals surface area (Å²) in [5.41, 5.74) is 2.31. The van der Waals surface area contributed by atoms with Crippen LogP contribution in [0.25, 0.3) is 0 Å². The highest BCUT2D eigenvalue weighted by molar-refractivity contribution is 14.1. The van der Waals surface area contributed by atoms with Crippen molar-refractivity contribution in [3.63, 3.8) is 0 Å². The van der Waals surface area contributed by atoms with Crippen molar-refractivity contribution in [3.05, 3.63) is 62.2 Å². The van der Waals surface area contributed by atoms with E-state index in [0.717, 1.165) is 14.8 Å². The van der Waals surface area contributed by atoms with Crippen LogP contribution in [0.15, 0.2) is 42.5 Å². The molecule has 0 spiro atoms. The molecule has 0 heterocycles. The largest absolute Gasteiger partial charge is 0.321 e. The first-order chi connectivity index (χ1) is 8.58. The number of rotatable bonds is 2. The molecule has 0 atom stereocenters. The number of hydrogen-bond acceptors (Lipinski definition) is 1. The highest BCUT2D eigenvalue weighted by Gasteiger charge is 2.11. The number of carbonyl (C=O) groups excluding carboxylic acids is 1. The van der Waals surface area contributed by atoms with Gasteiger partial charge in [-0.05, 0) is 59.3 Å². The van der Waals surface area contributed by atoms with Gasteiger partial charge in [0.05, 0.1) is 5.69 Å². The Morgan fingerprint density at radius 2 is 1.94 bits per heavy atom. The van der Waals surface area contributed by atoms with E-state index in [4.69, 9.17) is 11.6 Å². The topological polar surface area (TPSA) is 29.1 Å². The van der Waals surface area contributed by atoms with E-state index in [9.17, 15) is 4.79 Å². The fraction of sp³-hybridized carbons (Fsp3) is 0.0714. The quantitative estimate of drug-likeness (QED) is 0.774. The molecule has 4 heteroatoms. The first-order valence-electron chi connectivity index (χ1n) is 5.40. The van der Waals surface area contributed by atoms with Crippen LogP contribution in [0, 0.1) is 10.5 Å². The maximum Gasteiger partial charge on any atom is 0.256 e. The Balaban J connectivity index is 2.28. The minimum Gasteiger partial charge on any atom is -0.321 e. The van der Waals surface area contributed by atoms with Crippen molar-refractivity contribution in [2.75, 3.05) is 5.32 Å². The van der Waals surface area contributed by atoms with Gasteiger partial charge in [0, 0.05) is 14.2 Å². The average molecular weight is 372 g/mol. The van der Waals surface area contributed by atoms with Crippen LogP contribution in [-0.4, -0.2) is 5.91 Å². The fourth-order valence-electron chi connectivity index (χ4n) is 1.59. The summed E-state index contributed by atoms with van der Waals surface area (Å²) in [6, 6.07) is 12.9. The molecule has 0 aliphatic carbocycles. The van der Waals surface area contributed by atoms with E-state index >= 15 is 0 Å². The zero-order valence-electron chi connectivity index (χ0n) is 9.71. The van der Waals surface area contributed by atoms with E-state index in [1.165, 1.54) is 0 Å². The van der Waals surface area contributed by atoms with Gasteiger partial charge < -0.3 is 5.32 Å². The summed E-state index contributed by atoms with van der Waals surface area (Å²) in [6.45, 7) is 1.89. The number of para-hydroxylation sites is 1. The van der Waals surface area contributed by atoms with Crippen molar-refractivity contribution in [3.8, 4) is 0 Å². The Kier molecular flexibility index (Phi) is 4.24. The molecule has 0 saturated carbocycles. The molecule has 0 saturated heterocycles. The molecular weight excluding hydrogens is 361 g/mol. The molecule has 0 fully saturated rings. The summed E-state index contributed by atoms with van der Waals surface area (Å²) < 4.78 is 1.00. The molecule has 2 nitrogen and oxygen atoms in total. The van der Waals surface area contributed by atoms with Crippen molar-refractivity contribution < 1.29 is 4.79 Å². The maximum atomic E-state index is 12.2. The molecule has 2 rings (SSSR count). The lowest BCUT2D eigenvalue weighted by Crippen LogP contribution is -2.14. The van der Waals surface area contributed by atoms with Gasteiger partial charge in [-0.15, -0.1) is 0 Å². The number of nitrogens with one attached hydrogen (secondary N) is 1. The highest BCUT2D eigenvalue weighted by atomic mass is 127. The van der Waals surface area contributed by atoms with Crippen LogP contribution in [-0.2, 0) is 0 Å². The Morgan fingerprint density at radius 1 is 1.22 bits per heavy atom. The van der Waals surface area contributed by atoms with E-state index in [2.05, 4.69) is 27.9 Å². The smallest absolute Gasteiger partial charge is 0.256 e. The minimum atomic E-state index is -0.140. The second kappa shape index (κ2) is 5.71. The number of amides is 1. The van der Waals surface area contributed by atoms with Crippen molar-refractivity contribution in [1.29, 1.82) is 0 Å². The minimum absolute atomic E-state index is 0.140. The van der Waals surface area contributed by atoms with Gasteiger partial charge in [0.1, 0.15) is 0 Å². The van der Waals surface area contributed by atoms with Crippen molar-refractivity contribution >= 4 is 45.8 Å². The lowest BCUT2D eigenvalue weighted by atomic mass is 10.1. The molecule has 0 aromatic heterocycles. The molecule has 1 amide bonds. The zero-order chi connectivity index (χ0) is 13.1. The molecule has 0 radical (unpaired) electrons. The molecule has 0 aliphatic heterocycles. The normalized spacial score (nSPS) is 10.2. The van der Waals surface area contributed by atoms with Crippen LogP contribution in [0.5, 0.6) is 0 Å². The van der Waals surface area contributed by atoms with E-state index in [-0.39, 0.29) is 5.91 Å². The van der Waals surface area contributed by atoms with Gasteiger partial charge in [-0.3, -0.25) is 4.79 Å². The first-order valence-corrected chi connectivity index (χ1v) is 6.85. The Morgan fingerprint density at radius 3 is 2.67 bits per heavy atom. The third kappa shape index (κ3) is 3.03. The third-order valence-corrected chi connectivity index (χ3v) is 3.74. The highest BCUT2D eigenvalue weighted by Crippen LogP contribution is 2.20. The lowest BCUT2D eigenvalue weighted by Gasteiger charge is -2.09. The predicted octanol–water partition coefficient (Wildman–Crippen LogP) is 4.51. The number of hydrogen-bond donors (Lipinski definition) is 1. The molecule has 18 heavy (non-hydrogen) atoms. The van der Waals surface area contributed by atoms with Gasteiger partial charge in [-0.1, -0.05) is 29.8 Å². The second-order valence-electron chi connectivity index (χ2n) is 3.89. The Hall–Kier alpha value is -1.07. The molecule has 0 aliphatic rings. The van der Waals surface area contributed by atoms with Gasteiger partial charge in [-0.2, -0.15) is 0 Å². The number of anilines is 1. The van der Waals surface area contributed by atoms with Crippen LogP contribution < -0.4 is 5.32 Å². The fourth-order valence-corrected chi connectivity index (χ4v) is 2.29. The van der Waals surface area contributed by atoms with Crippen LogP contribution in [0.1, 0.15) is 15.9 Å². The SMILES string of the molecule is Cc1ccc(Cl)cc1C(=O)Nc1ccccc1I. The molecule has 92 valence electrons. The van der Waals surface area contributed by atoms with E-state index in [0.29, 0.717) is 10.6 Å². The summed E-state index contributed by atoms with van der Waals surface area (Å²) in [5, 5.41) is 3.45. The van der Waals surface area contributed by atoms with Gasteiger partial charge in [0.15, 0.2) is 0 Å². The molecule has 0 unspecified atom stereocenters. The number of halogens is 2. The van der Waals surface area contributed by atoms with E-state index in [1.54, 1.807) is 12.1 Å². The summed E-state index contributed by atoms with van der Waals surface area (Å²) in [7, 11) is 0. The van der Waals surface area contributed by atoms with Crippen LogP contribution in [0.2, 0.25) is 5.02 Å². The summed E-state index contributed by atoms with van der Waals surface area (Å²) in [6.07, 6.45) is 0. The Bertz CT molecular complexity index is 598. The maximum absolute atomic E-state index is 12.2. The molecule has 1 N–H and O–H groups in total. The summed E-state index contributed by atoms with van der Waals surface area (Å²) in [5.74, 6) is -0.140. The van der Waals surface area contributed by atoms with Gasteiger partial charge in [0.25, 0.3) is 5.91 Å². The van der Waals surface area contributed by atoms with Crippen LogP contribution in [0.3, 0.4) is 0 Å². The van der Waals surface area contributed by atoms with E-state index in [1.807, 2.05) is 37.3 Å².